The lowest BCUT2D eigenvalue weighted by Crippen LogP contribution is -2.06. The van der Waals surface area contributed by atoms with Gasteiger partial charge in [0.05, 0.1) is 5.69 Å². The van der Waals surface area contributed by atoms with Gasteiger partial charge in [0.15, 0.2) is 0 Å². The summed E-state index contributed by atoms with van der Waals surface area (Å²) in [5.41, 5.74) is 0.722. The molecule has 7 nitrogen and oxygen atoms in total. The Balaban J connectivity index is 2.78. The average Bonchev–Trinajstić information content (AvgIpc) is 2.27. The minimum absolute atomic E-state index is 0.222. The van der Waals surface area contributed by atoms with Crippen LogP contribution < -0.4 is 5.32 Å². The van der Waals surface area contributed by atoms with Crippen LogP contribution in [0, 0.1) is 0 Å². The van der Waals surface area contributed by atoms with Gasteiger partial charge in [-0.15, -0.1) is 5.11 Å². The molecular weight excluding hydrogens is 246 g/mol. The Morgan fingerprint density at radius 2 is 1.94 bits per heavy atom. The molecule has 17 heavy (non-hydrogen) atoms. The van der Waals surface area contributed by atoms with E-state index in [-0.39, 0.29) is 11.6 Å². The van der Waals surface area contributed by atoms with Crippen LogP contribution in [-0.4, -0.2) is 18.9 Å². The highest BCUT2D eigenvalue weighted by Crippen LogP contribution is 2.17. The Labute approximate surface area is 97.8 Å². The third kappa shape index (κ3) is 5.00. The summed E-state index contributed by atoms with van der Waals surface area (Å²) in [7, 11) is -4.48. The van der Waals surface area contributed by atoms with Crippen LogP contribution in [0.5, 0.6) is 0 Å². The fraction of sp³-hybridized carbons (Fsp3) is 0. The second-order valence-electron chi connectivity index (χ2n) is 2.87. The number of hydrogen-bond acceptors (Lipinski definition) is 4. The summed E-state index contributed by atoms with van der Waals surface area (Å²) in [6.07, 6.45) is 1.12. The van der Waals surface area contributed by atoms with Crippen LogP contribution in [0.1, 0.15) is 0 Å². The lowest BCUT2D eigenvalue weighted by Gasteiger charge is -2.01. The van der Waals surface area contributed by atoms with Crippen LogP contribution in [0.3, 0.4) is 0 Å². The highest BCUT2D eigenvalue weighted by atomic mass is 32.2. The summed E-state index contributed by atoms with van der Waals surface area (Å²) in [5.74, 6) is -0.364. The van der Waals surface area contributed by atoms with Gasteiger partial charge in [-0.3, -0.25) is 9.35 Å². The molecule has 0 spiro atoms. The SMILES string of the molecule is C=CC(=O)Nc1ccc(/N=N/S(=O)(=O)O)cc1. The summed E-state index contributed by atoms with van der Waals surface area (Å²) in [5, 5.41) is 5.77. The third-order valence-corrected chi connectivity index (χ3v) is 1.87. The Bertz CT molecular complexity index is 548. The van der Waals surface area contributed by atoms with Crippen molar-refractivity contribution < 1.29 is 17.8 Å². The number of rotatable bonds is 4. The molecule has 1 aromatic carbocycles. The van der Waals surface area contributed by atoms with Crippen molar-refractivity contribution in [3.63, 3.8) is 0 Å². The van der Waals surface area contributed by atoms with E-state index in [1.54, 1.807) is 0 Å². The van der Waals surface area contributed by atoms with E-state index in [9.17, 15) is 13.2 Å². The molecule has 2 N–H and O–H groups in total. The van der Waals surface area contributed by atoms with E-state index in [1.807, 2.05) is 0 Å². The lowest BCUT2D eigenvalue weighted by atomic mass is 10.3. The number of nitrogens with zero attached hydrogens (tertiary/aromatic N) is 2. The number of carbonyl (C=O) groups excluding carboxylic acids is 1. The molecule has 0 heterocycles. The Morgan fingerprint density at radius 3 is 2.41 bits per heavy atom. The minimum atomic E-state index is -4.48. The van der Waals surface area contributed by atoms with E-state index in [0.29, 0.717) is 5.69 Å². The fourth-order valence-electron chi connectivity index (χ4n) is 0.903. The van der Waals surface area contributed by atoms with Gasteiger partial charge in [0.25, 0.3) is 0 Å². The van der Waals surface area contributed by atoms with Crippen LogP contribution in [0.25, 0.3) is 0 Å². The smallest absolute Gasteiger partial charge is 0.323 e. The monoisotopic (exact) mass is 255 g/mol. The molecular formula is C9H9N3O4S. The molecule has 0 bridgehead atoms. The minimum Gasteiger partial charge on any atom is -0.323 e. The molecule has 0 aliphatic carbocycles. The number of anilines is 1. The summed E-state index contributed by atoms with van der Waals surface area (Å²) in [4.78, 5) is 10.9. The number of amides is 1. The van der Waals surface area contributed by atoms with Gasteiger partial charge in [-0.05, 0) is 34.9 Å². The van der Waals surface area contributed by atoms with E-state index in [2.05, 4.69) is 21.5 Å². The first kappa shape index (κ1) is 13.0. The first-order valence-corrected chi connectivity index (χ1v) is 5.74. The van der Waals surface area contributed by atoms with Crippen molar-refractivity contribution in [1.82, 2.24) is 0 Å². The van der Waals surface area contributed by atoms with Gasteiger partial charge in [0, 0.05) is 5.69 Å². The first-order valence-electron chi connectivity index (χ1n) is 4.34. The van der Waals surface area contributed by atoms with Gasteiger partial charge in [-0.2, -0.15) is 8.42 Å². The van der Waals surface area contributed by atoms with E-state index >= 15 is 0 Å². The molecule has 0 atom stereocenters. The van der Waals surface area contributed by atoms with Gasteiger partial charge < -0.3 is 5.32 Å². The Hall–Kier alpha value is -2.06. The zero-order chi connectivity index (χ0) is 12.9. The van der Waals surface area contributed by atoms with Crippen LogP contribution in [0.15, 0.2) is 46.6 Å². The number of carbonyl (C=O) groups is 1. The van der Waals surface area contributed by atoms with Crippen molar-refractivity contribution in [3.8, 4) is 0 Å². The molecule has 90 valence electrons. The molecule has 1 amide bonds. The second-order valence-corrected chi connectivity index (χ2v) is 3.93. The number of benzene rings is 1. The molecule has 0 saturated carbocycles. The predicted molar refractivity (Wildman–Crippen MR) is 61.3 cm³/mol. The first-order chi connectivity index (χ1) is 7.90. The highest BCUT2D eigenvalue weighted by molar-refractivity contribution is 7.84. The summed E-state index contributed by atoms with van der Waals surface area (Å²) in [6.45, 7) is 3.29. The molecule has 0 unspecified atom stereocenters. The van der Waals surface area contributed by atoms with E-state index in [0.717, 1.165) is 6.08 Å². The average molecular weight is 255 g/mol. The molecule has 0 aliphatic rings. The number of nitrogens with one attached hydrogen (secondary N) is 1. The molecule has 1 aromatic rings. The molecule has 0 aromatic heterocycles. The van der Waals surface area contributed by atoms with Crippen LogP contribution >= 0.6 is 0 Å². The normalized spacial score (nSPS) is 11.4. The maximum absolute atomic E-state index is 10.9. The van der Waals surface area contributed by atoms with Crippen LogP contribution in [-0.2, 0) is 15.1 Å². The van der Waals surface area contributed by atoms with Crippen molar-refractivity contribution in [2.45, 2.75) is 0 Å². The van der Waals surface area contributed by atoms with E-state index in [1.165, 1.54) is 24.3 Å². The van der Waals surface area contributed by atoms with Gasteiger partial charge in [0.1, 0.15) is 0 Å². The molecule has 0 aliphatic heterocycles. The van der Waals surface area contributed by atoms with Crippen LogP contribution in [0.2, 0.25) is 0 Å². The molecule has 0 saturated heterocycles. The van der Waals surface area contributed by atoms with Gasteiger partial charge in [-0.25, -0.2) is 0 Å². The van der Waals surface area contributed by atoms with Crippen molar-refractivity contribution >= 4 is 27.6 Å². The fourth-order valence-corrected chi connectivity index (χ4v) is 1.10. The highest BCUT2D eigenvalue weighted by Gasteiger charge is 2.00. The third-order valence-electron chi connectivity index (χ3n) is 1.58. The van der Waals surface area contributed by atoms with Crippen molar-refractivity contribution in [1.29, 1.82) is 0 Å². The maximum atomic E-state index is 10.9. The zero-order valence-electron chi connectivity index (χ0n) is 8.57. The van der Waals surface area contributed by atoms with Crippen molar-refractivity contribution in [2.24, 2.45) is 9.63 Å². The number of hydrogen-bond donors (Lipinski definition) is 2. The predicted octanol–water partition coefficient (Wildman–Crippen LogP) is 1.70. The van der Waals surface area contributed by atoms with E-state index in [4.69, 9.17) is 4.55 Å². The second kappa shape index (κ2) is 5.32. The van der Waals surface area contributed by atoms with Gasteiger partial charge in [0.2, 0.25) is 5.91 Å². The van der Waals surface area contributed by atoms with Crippen LogP contribution in [0.4, 0.5) is 11.4 Å². The maximum Gasteiger partial charge on any atom is 0.396 e. The zero-order valence-corrected chi connectivity index (χ0v) is 9.38. The van der Waals surface area contributed by atoms with E-state index < -0.39 is 10.3 Å². The Morgan fingerprint density at radius 1 is 1.35 bits per heavy atom. The largest absolute Gasteiger partial charge is 0.396 e. The molecule has 0 fully saturated rings. The topological polar surface area (TPSA) is 108 Å². The molecule has 1 rings (SSSR count). The van der Waals surface area contributed by atoms with Crippen molar-refractivity contribution in [3.05, 3.63) is 36.9 Å². The Kier molecular flexibility index (Phi) is 4.07. The quantitative estimate of drug-likeness (QED) is 0.484. The lowest BCUT2D eigenvalue weighted by molar-refractivity contribution is -0.111. The van der Waals surface area contributed by atoms with Gasteiger partial charge in [-0.1, -0.05) is 6.58 Å². The van der Waals surface area contributed by atoms with Gasteiger partial charge >= 0.3 is 10.3 Å². The molecule has 0 radical (unpaired) electrons. The molecule has 8 heteroatoms. The van der Waals surface area contributed by atoms with Crippen molar-refractivity contribution in [2.75, 3.05) is 5.32 Å². The summed E-state index contributed by atoms with van der Waals surface area (Å²) in [6, 6.07) is 5.85. The summed E-state index contributed by atoms with van der Waals surface area (Å²) >= 11 is 0. The summed E-state index contributed by atoms with van der Waals surface area (Å²) < 4.78 is 31.6. The standard InChI is InChI=1S/C9H9N3O4S/c1-2-9(13)10-7-3-5-8(6-4-7)11-12-17(14,15)16/h2-6H,1H2,(H,10,13)(H,14,15,16)/b12-11+.